The van der Waals surface area contributed by atoms with Crippen molar-refractivity contribution < 1.29 is 18.3 Å². The number of rotatable bonds is 5. The van der Waals surface area contributed by atoms with Gasteiger partial charge in [0.25, 0.3) is 6.43 Å². The number of hydrogen-bond donors (Lipinski definition) is 1. The maximum atomic E-state index is 11.9. The number of hydrogen-bond acceptors (Lipinski definition) is 3. The number of anilines is 1. The minimum atomic E-state index is -2.66. The summed E-state index contributed by atoms with van der Waals surface area (Å²) in [5.41, 5.74) is 6.15. The number of ether oxygens (including phenoxy) is 1. The lowest BCUT2D eigenvalue weighted by molar-refractivity contribution is 0.0150. The molecular formula is C10H14F2N2O2. The molecule has 1 rings (SSSR count). The molecule has 0 saturated heterocycles. The van der Waals surface area contributed by atoms with Crippen LogP contribution in [0.2, 0.25) is 0 Å². The van der Waals surface area contributed by atoms with Crippen LogP contribution in [0.3, 0.4) is 0 Å². The Hall–Kier alpha value is -1.59. The van der Waals surface area contributed by atoms with Crippen LogP contribution in [0.4, 0.5) is 14.5 Å². The van der Waals surface area contributed by atoms with Gasteiger partial charge in [-0.05, 0) is 12.5 Å². The Bertz CT molecular complexity index is 364. The zero-order chi connectivity index (χ0) is 12.1. The van der Waals surface area contributed by atoms with Crippen LogP contribution in [-0.4, -0.2) is 23.6 Å². The van der Waals surface area contributed by atoms with Crippen LogP contribution in [0.25, 0.3) is 0 Å². The van der Waals surface area contributed by atoms with Gasteiger partial charge in [0.2, 0.25) is 0 Å². The summed E-state index contributed by atoms with van der Waals surface area (Å²) in [6, 6.07) is 1.42. The van der Waals surface area contributed by atoms with E-state index in [-0.39, 0.29) is 5.69 Å². The maximum absolute atomic E-state index is 11.9. The molecule has 0 aromatic carbocycles. The van der Waals surface area contributed by atoms with E-state index in [1.165, 1.54) is 6.07 Å². The van der Waals surface area contributed by atoms with Gasteiger partial charge in [0.15, 0.2) is 6.61 Å². The average Bonchev–Trinajstić information content (AvgIpc) is 2.56. The summed E-state index contributed by atoms with van der Waals surface area (Å²) in [5, 5.41) is 0. The Balaban J connectivity index is 2.73. The predicted molar refractivity (Wildman–Crippen MR) is 55.4 cm³/mol. The highest BCUT2D eigenvalue weighted by Gasteiger charge is 2.15. The van der Waals surface area contributed by atoms with Crippen molar-refractivity contribution in [2.45, 2.75) is 26.3 Å². The first-order valence-electron chi connectivity index (χ1n) is 4.95. The van der Waals surface area contributed by atoms with Gasteiger partial charge in [-0.1, -0.05) is 6.92 Å². The molecule has 1 aromatic rings. The van der Waals surface area contributed by atoms with Crippen molar-refractivity contribution in [1.29, 1.82) is 0 Å². The number of nitrogens with two attached hydrogens (primary N) is 1. The Labute approximate surface area is 92.0 Å². The molecule has 2 N–H and O–H groups in total. The predicted octanol–water partition coefficient (Wildman–Crippen LogP) is 1.90. The molecule has 90 valence electrons. The van der Waals surface area contributed by atoms with Crippen LogP contribution < -0.4 is 5.73 Å². The summed E-state index contributed by atoms with van der Waals surface area (Å²) >= 11 is 0. The summed E-state index contributed by atoms with van der Waals surface area (Å²) in [6.45, 7) is 1.64. The fraction of sp³-hybridized carbons (Fsp3) is 0.500. The first-order chi connectivity index (χ1) is 7.54. The average molecular weight is 232 g/mol. The first kappa shape index (κ1) is 12.5. The molecule has 0 bridgehead atoms. The summed E-state index contributed by atoms with van der Waals surface area (Å²) in [4.78, 5) is 11.4. The van der Waals surface area contributed by atoms with E-state index in [1.54, 1.807) is 10.8 Å². The van der Waals surface area contributed by atoms with Gasteiger partial charge in [-0.2, -0.15) is 0 Å². The Morgan fingerprint density at radius 2 is 2.31 bits per heavy atom. The quantitative estimate of drug-likeness (QED) is 0.789. The van der Waals surface area contributed by atoms with Gasteiger partial charge >= 0.3 is 5.97 Å². The topological polar surface area (TPSA) is 57.2 Å². The van der Waals surface area contributed by atoms with Gasteiger partial charge in [0, 0.05) is 12.7 Å². The van der Waals surface area contributed by atoms with Crippen LogP contribution in [0.5, 0.6) is 0 Å². The fourth-order valence-corrected chi connectivity index (χ4v) is 1.34. The highest BCUT2D eigenvalue weighted by Crippen LogP contribution is 2.13. The number of alkyl halides is 2. The third-order valence-corrected chi connectivity index (χ3v) is 1.93. The molecule has 0 atom stereocenters. The van der Waals surface area contributed by atoms with E-state index < -0.39 is 19.0 Å². The zero-order valence-electron chi connectivity index (χ0n) is 8.95. The largest absolute Gasteiger partial charge is 0.455 e. The monoisotopic (exact) mass is 232 g/mol. The molecule has 0 aliphatic carbocycles. The van der Waals surface area contributed by atoms with Gasteiger partial charge < -0.3 is 15.0 Å². The molecule has 16 heavy (non-hydrogen) atoms. The van der Waals surface area contributed by atoms with Gasteiger partial charge in [-0.15, -0.1) is 0 Å². The second-order valence-corrected chi connectivity index (χ2v) is 3.34. The number of carbonyl (C=O) groups excluding carboxylic acids is 1. The third-order valence-electron chi connectivity index (χ3n) is 1.93. The molecule has 1 heterocycles. The fourth-order valence-electron chi connectivity index (χ4n) is 1.34. The van der Waals surface area contributed by atoms with Crippen LogP contribution in [-0.2, 0) is 11.3 Å². The van der Waals surface area contributed by atoms with Crippen LogP contribution in [0, 0.1) is 0 Å². The van der Waals surface area contributed by atoms with E-state index in [4.69, 9.17) is 5.73 Å². The van der Waals surface area contributed by atoms with Crippen LogP contribution in [0.15, 0.2) is 12.3 Å². The number of halogens is 2. The van der Waals surface area contributed by atoms with Crippen molar-refractivity contribution in [3.63, 3.8) is 0 Å². The highest BCUT2D eigenvalue weighted by molar-refractivity contribution is 5.89. The summed E-state index contributed by atoms with van der Waals surface area (Å²) in [7, 11) is 0. The smallest absolute Gasteiger partial charge is 0.355 e. The normalized spacial score (nSPS) is 10.8. The van der Waals surface area contributed by atoms with Gasteiger partial charge in [-0.25, -0.2) is 13.6 Å². The second kappa shape index (κ2) is 5.48. The van der Waals surface area contributed by atoms with Crippen LogP contribution >= 0.6 is 0 Å². The molecule has 6 heteroatoms. The van der Waals surface area contributed by atoms with E-state index >= 15 is 0 Å². The Kier molecular flexibility index (Phi) is 4.28. The Morgan fingerprint density at radius 1 is 1.62 bits per heavy atom. The molecule has 0 spiro atoms. The second-order valence-electron chi connectivity index (χ2n) is 3.34. The number of aryl methyl sites for hydroxylation is 1. The number of nitrogen functional groups attached to an aromatic ring is 1. The summed E-state index contributed by atoms with van der Waals surface area (Å²) in [5.74, 6) is -0.773. The lowest BCUT2D eigenvalue weighted by atomic mass is 10.4. The summed E-state index contributed by atoms with van der Waals surface area (Å²) < 4.78 is 29.7. The van der Waals surface area contributed by atoms with E-state index in [9.17, 15) is 13.6 Å². The lowest BCUT2D eigenvalue weighted by Gasteiger charge is -2.07. The minimum Gasteiger partial charge on any atom is -0.455 e. The van der Waals surface area contributed by atoms with E-state index in [0.29, 0.717) is 12.2 Å². The van der Waals surface area contributed by atoms with Crippen molar-refractivity contribution in [2.24, 2.45) is 0 Å². The molecule has 0 fully saturated rings. The molecule has 1 aromatic heterocycles. The molecule has 0 radical (unpaired) electrons. The molecule has 4 nitrogen and oxygen atoms in total. The van der Waals surface area contributed by atoms with E-state index in [2.05, 4.69) is 4.74 Å². The molecule has 0 amide bonds. The number of esters is 1. The minimum absolute atomic E-state index is 0.208. The zero-order valence-corrected chi connectivity index (χ0v) is 8.95. The van der Waals surface area contributed by atoms with Crippen molar-refractivity contribution in [1.82, 2.24) is 4.57 Å². The molecular weight excluding hydrogens is 218 g/mol. The van der Waals surface area contributed by atoms with Gasteiger partial charge in [0.05, 0.1) is 5.69 Å². The maximum Gasteiger partial charge on any atom is 0.355 e. The third kappa shape index (κ3) is 3.22. The number of carbonyl (C=O) groups is 1. The van der Waals surface area contributed by atoms with Crippen molar-refractivity contribution in [3.05, 3.63) is 18.0 Å². The van der Waals surface area contributed by atoms with Crippen LogP contribution in [0.1, 0.15) is 23.8 Å². The van der Waals surface area contributed by atoms with Gasteiger partial charge in [-0.3, -0.25) is 0 Å². The molecule has 0 aliphatic heterocycles. The number of nitrogens with zero attached hydrogens (tertiary/aromatic N) is 1. The molecule has 0 saturated carbocycles. The Morgan fingerprint density at radius 3 is 2.88 bits per heavy atom. The SMILES string of the molecule is CCCn1cc(N)cc1C(=O)OCC(F)F. The molecule has 0 unspecified atom stereocenters. The number of aromatic nitrogens is 1. The highest BCUT2D eigenvalue weighted by atomic mass is 19.3. The van der Waals surface area contributed by atoms with E-state index in [1.807, 2.05) is 6.92 Å². The lowest BCUT2D eigenvalue weighted by Crippen LogP contribution is -2.15. The van der Waals surface area contributed by atoms with Crippen molar-refractivity contribution >= 4 is 11.7 Å². The van der Waals surface area contributed by atoms with Crippen molar-refractivity contribution in [3.8, 4) is 0 Å². The van der Waals surface area contributed by atoms with Crippen molar-refractivity contribution in [2.75, 3.05) is 12.3 Å². The van der Waals surface area contributed by atoms with Gasteiger partial charge in [0.1, 0.15) is 5.69 Å². The van der Waals surface area contributed by atoms with E-state index in [0.717, 1.165) is 6.42 Å². The summed E-state index contributed by atoms with van der Waals surface area (Å²) in [6.07, 6.45) is -0.262. The standard InChI is InChI=1S/C10H14F2N2O2/c1-2-3-14-5-7(13)4-8(14)10(15)16-6-9(11)12/h4-5,9H,2-3,6,13H2,1H3. The first-order valence-corrected chi connectivity index (χ1v) is 4.95. The molecule has 0 aliphatic rings.